The number of hydrogen-bond donors (Lipinski definition) is 2. The Bertz CT molecular complexity index is 721. The molecular weight excluding hydrogens is 252 g/mol. The Morgan fingerprint density at radius 2 is 1.78 bits per heavy atom. The highest BCUT2D eigenvalue weighted by Gasteiger charge is 2.16. The first-order chi connectivity index (χ1) is 8.68. The van der Waals surface area contributed by atoms with Gasteiger partial charge in [-0.05, 0) is 12.1 Å². The van der Waals surface area contributed by atoms with Crippen molar-refractivity contribution in [3.05, 3.63) is 35.5 Å². The minimum atomic E-state index is 0.181. The van der Waals surface area contributed by atoms with E-state index in [4.69, 9.17) is 23.1 Å². The fraction of sp³-hybridized carbons (Fsp3) is 0. The van der Waals surface area contributed by atoms with Crippen molar-refractivity contribution >= 4 is 34.1 Å². The number of nitrogens with zero attached hydrogens (tertiary/aromatic N) is 4. The zero-order valence-corrected chi connectivity index (χ0v) is 9.96. The molecule has 4 N–H and O–H groups in total. The zero-order chi connectivity index (χ0) is 12.7. The van der Waals surface area contributed by atoms with Crippen LogP contribution in [0.25, 0.3) is 16.6 Å². The number of para-hydroxylation sites is 1. The number of benzene rings is 1. The fourth-order valence-electron chi connectivity index (χ4n) is 1.79. The summed E-state index contributed by atoms with van der Waals surface area (Å²) >= 11 is 5.94. The van der Waals surface area contributed by atoms with Gasteiger partial charge in [-0.25, -0.2) is 4.68 Å². The van der Waals surface area contributed by atoms with Crippen LogP contribution in [0.1, 0.15) is 0 Å². The number of rotatable bonds is 1. The molecule has 3 rings (SSSR count). The van der Waals surface area contributed by atoms with Crippen molar-refractivity contribution in [3.8, 4) is 5.69 Å². The SMILES string of the molecule is Nc1nnc(Cl)c2nn(-c3ccccc3)c(N)c12. The van der Waals surface area contributed by atoms with E-state index in [1.165, 1.54) is 0 Å². The van der Waals surface area contributed by atoms with Crippen LogP contribution < -0.4 is 11.5 Å². The van der Waals surface area contributed by atoms with Gasteiger partial charge < -0.3 is 11.5 Å². The first kappa shape index (κ1) is 10.8. The van der Waals surface area contributed by atoms with Crippen molar-refractivity contribution in [1.29, 1.82) is 0 Å². The monoisotopic (exact) mass is 260 g/mol. The van der Waals surface area contributed by atoms with Crippen molar-refractivity contribution in [2.24, 2.45) is 0 Å². The van der Waals surface area contributed by atoms with E-state index in [1.54, 1.807) is 4.68 Å². The lowest BCUT2D eigenvalue weighted by Crippen LogP contribution is -2.01. The number of nitrogen functional groups attached to an aromatic ring is 2. The highest BCUT2D eigenvalue weighted by atomic mass is 35.5. The maximum Gasteiger partial charge on any atom is 0.180 e. The summed E-state index contributed by atoms with van der Waals surface area (Å²) in [5.41, 5.74) is 13.1. The third-order valence-electron chi connectivity index (χ3n) is 2.62. The van der Waals surface area contributed by atoms with Crippen LogP contribution in [-0.2, 0) is 0 Å². The van der Waals surface area contributed by atoms with E-state index >= 15 is 0 Å². The molecule has 2 aromatic heterocycles. The average molecular weight is 261 g/mol. The van der Waals surface area contributed by atoms with Crippen molar-refractivity contribution in [2.45, 2.75) is 0 Å². The van der Waals surface area contributed by atoms with Crippen LogP contribution in [0.5, 0.6) is 0 Å². The minimum Gasteiger partial charge on any atom is -0.383 e. The lowest BCUT2D eigenvalue weighted by atomic mass is 10.3. The number of fused-ring (bicyclic) bond motifs is 1. The standard InChI is InChI=1S/C11H9ClN6/c12-9-8-7(10(13)16-15-9)11(14)18(17-8)6-4-2-1-3-5-6/h1-5H,14H2,(H2,13,16). The van der Waals surface area contributed by atoms with Crippen LogP contribution in [0.2, 0.25) is 5.15 Å². The molecular formula is C11H9ClN6. The molecule has 0 aliphatic rings. The first-order valence-corrected chi connectivity index (χ1v) is 5.57. The summed E-state index contributed by atoms with van der Waals surface area (Å²) in [6.07, 6.45) is 0. The summed E-state index contributed by atoms with van der Waals surface area (Å²) in [4.78, 5) is 0. The summed E-state index contributed by atoms with van der Waals surface area (Å²) in [5, 5.41) is 12.5. The van der Waals surface area contributed by atoms with Gasteiger partial charge in [0, 0.05) is 0 Å². The van der Waals surface area contributed by atoms with E-state index in [-0.39, 0.29) is 11.0 Å². The molecule has 0 aliphatic heterocycles. The Hall–Kier alpha value is -2.34. The number of nitrogens with two attached hydrogens (primary N) is 2. The Kier molecular flexibility index (Phi) is 2.31. The number of anilines is 2. The molecule has 1 aromatic carbocycles. The van der Waals surface area contributed by atoms with Crippen LogP contribution in [0.15, 0.2) is 30.3 Å². The van der Waals surface area contributed by atoms with Gasteiger partial charge in [-0.3, -0.25) is 0 Å². The second-order valence-corrected chi connectivity index (χ2v) is 4.09. The van der Waals surface area contributed by atoms with E-state index in [2.05, 4.69) is 15.3 Å². The van der Waals surface area contributed by atoms with Crippen LogP contribution in [-0.4, -0.2) is 20.0 Å². The normalized spacial score (nSPS) is 10.9. The predicted octanol–water partition coefficient (Wildman–Crippen LogP) is 1.63. The lowest BCUT2D eigenvalue weighted by molar-refractivity contribution is 0.905. The molecule has 0 amide bonds. The van der Waals surface area contributed by atoms with Gasteiger partial charge in [0.2, 0.25) is 0 Å². The molecule has 18 heavy (non-hydrogen) atoms. The Balaban J connectivity index is 2.37. The molecule has 0 unspecified atom stereocenters. The molecule has 0 radical (unpaired) electrons. The van der Waals surface area contributed by atoms with Gasteiger partial charge in [0.05, 0.1) is 11.1 Å². The van der Waals surface area contributed by atoms with Gasteiger partial charge >= 0.3 is 0 Å². The summed E-state index contributed by atoms with van der Waals surface area (Å²) in [5.74, 6) is 0.611. The van der Waals surface area contributed by atoms with Crippen molar-refractivity contribution in [2.75, 3.05) is 11.5 Å². The molecule has 3 aromatic rings. The maximum absolute atomic E-state index is 6.03. The third kappa shape index (κ3) is 1.46. The minimum absolute atomic E-state index is 0.181. The van der Waals surface area contributed by atoms with E-state index in [1.807, 2.05) is 30.3 Å². The molecule has 0 bridgehead atoms. The summed E-state index contributed by atoms with van der Waals surface area (Å²) in [6.45, 7) is 0. The second kappa shape index (κ2) is 3.85. The van der Waals surface area contributed by atoms with Crippen molar-refractivity contribution in [1.82, 2.24) is 20.0 Å². The maximum atomic E-state index is 6.03. The highest BCUT2D eigenvalue weighted by Crippen LogP contribution is 2.30. The third-order valence-corrected chi connectivity index (χ3v) is 2.87. The van der Waals surface area contributed by atoms with Gasteiger partial charge in [-0.1, -0.05) is 29.8 Å². The van der Waals surface area contributed by atoms with Gasteiger partial charge in [0.25, 0.3) is 0 Å². The predicted molar refractivity (Wildman–Crippen MR) is 70.5 cm³/mol. The van der Waals surface area contributed by atoms with Crippen LogP contribution in [0.4, 0.5) is 11.6 Å². The summed E-state index contributed by atoms with van der Waals surface area (Å²) in [7, 11) is 0. The number of aromatic nitrogens is 4. The molecule has 6 nitrogen and oxygen atoms in total. The Morgan fingerprint density at radius 1 is 1.06 bits per heavy atom. The van der Waals surface area contributed by atoms with E-state index in [9.17, 15) is 0 Å². The topological polar surface area (TPSA) is 95.6 Å². The van der Waals surface area contributed by atoms with Gasteiger partial charge in [-0.2, -0.15) is 5.10 Å². The molecule has 0 fully saturated rings. The largest absolute Gasteiger partial charge is 0.383 e. The summed E-state index contributed by atoms with van der Waals surface area (Å²) < 4.78 is 1.57. The molecule has 0 aliphatic carbocycles. The van der Waals surface area contributed by atoms with Gasteiger partial charge in [-0.15, -0.1) is 10.2 Å². The molecule has 7 heteroatoms. The fourth-order valence-corrected chi connectivity index (χ4v) is 1.96. The molecule has 0 spiro atoms. The quantitative estimate of drug-likeness (QED) is 0.693. The smallest absolute Gasteiger partial charge is 0.180 e. The molecule has 0 saturated carbocycles. The molecule has 0 atom stereocenters. The van der Waals surface area contributed by atoms with E-state index in [0.29, 0.717) is 16.7 Å². The van der Waals surface area contributed by atoms with Crippen LogP contribution in [0.3, 0.4) is 0 Å². The highest BCUT2D eigenvalue weighted by molar-refractivity contribution is 6.34. The Labute approximate surface area is 107 Å². The van der Waals surface area contributed by atoms with Crippen molar-refractivity contribution in [3.63, 3.8) is 0 Å². The van der Waals surface area contributed by atoms with Gasteiger partial charge in [0.1, 0.15) is 11.3 Å². The molecule has 0 saturated heterocycles. The van der Waals surface area contributed by atoms with Crippen LogP contribution in [0, 0.1) is 0 Å². The zero-order valence-electron chi connectivity index (χ0n) is 9.21. The Morgan fingerprint density at radius 3 is 2.44 bits per heavy atom. The van der Waals surface area contributed by atoms with E-state index in [0.717, 1.165) is 5.69 Å². The van der Waals surface area contributed by atoms with Crippen molar-refractivity contribution < 1.29 is 0 Å². The lowest BCUT2D eigenvalue weighted by Gasteiger charge is -2.02. The first-order valence-electron chi connectivity index (χ1n) is 5.20. The number of hydrogen-bond acceptors (Lipinski definition) is 5. The van der Waals surface area contributed by atoms with Crippen LogP contribution >= 0.6 is 11.6 Å². The molecule has 90 valence electrons. The summed E-state index contributed by atoms with van der Waals surface area (Å²) in [6, 6.07) is 9.46. The second-order valence-electron chi connectivity index (χ2n) is 3.73. The number of halogens is 1. The van der Waals surface area contributed by atoms with E-state index < -0.39 is 0 Å². The average Bonchev–Trinajstić information content (AvgIpc) is 2.74. The van der Waals surface area contributed by atoms with Gasteiger partial charge in [0.15, 0.2) is 11.0 Å². The molecule has 2 heterocycles.